The molecule has 0 unspecified atom stereocenters. The topological polar surface area (TPSA) is 59.1 Å². The predicted octanol–water partition coefficient (Wildman–Crippen LogP) is 2.62. The minimum atomic E-state index is -0.0366. The Kier molecular flexibility index (Phi) is 4.63. The molecular formula is C19H24N2O4. The number of furan rings is 2. The van der Waals surface area contributed by atoms with E-state index in [1.165, 1.54) is 0 Å². The average molecular weight is 344 g/mol. The molecule has 2 aliphatic heterocycles. The maximum Gasteiger partial charge on any atom is 0.289 e. The third-order valence-electron chi connectivity index (χ3n) is 5.31. The maximum absolute atomic E-state index is 12.8. The van der Waals surface area contributed by atoms with Crippen LogP contribution in [0.15, 0.2) is 45.6 Å². The number of rotatable bonds is 4. The van der Waals surface area contributed by atoms with E-state index in [1.54, 1.807) is 24.7 Å². The summed E-state index contributed by atoms with van der Waals surface area (Å²) in [6.45, 7) is 2.87. The van der Waals surface area contributed by atoms with Crippen LogP contribution < -0.4 is 0 Å². The number of amides is 1. The summed E-state index contributed by atoms with van der Waals surface area (Å²) in [5, 5.41) is 0. The summed E-state index contributed by atoms with van der Waals surface area (Å²) in [6, 6.07) is 7.50. The van der Waals surface area contributed by atoms with Gasteiger partial charge in [-0.1, -0.05) is 0 Å². The van der Waals surface area contributed by atoms with Crippen molar-refractivity contribution in [3.63, 3.8) is 0 Å². The summed E-state index contributed by atoms with van der Waals surface area (Å²) in [5.74, 6) is 1.66. The van der Waals surface area contributed by atoms with E-state index < -0.39 is 0 Å². The predicted molar refractivity (Wildman–Crippen MR) is 91.0 cm³/mol. The molecule has 6 heteroatoms. The van der Waals surface area contributed by atoms with Crippen LogP contribution in [-0.2, 0) is 11.3 Å². The van der Waals surface area contributed by atoms with Crippen LogP contribution in [0.25, 0.3) is 0 Å². The Hall–Kier alpha value is -2.05. The lowest BCUT2D eigenvalue weighted by molar-refractivity contribution is -0.106. The lowest BCUT2D eigenvalue weighted by atomic mass is 9.84. The summed E-state index contributed by atoms with van der Waals surface area (Å²) < 4.78 is 16.9. The number of hydrogen-bond acceptors (Lipinski definition) is 5. The normalized spacial score (nSPS) is 26.6. The van der Waals surface area contributed by atoms with E-state index in [2.05, 4.69) is 11.9 Å². The number of hydrogen-bond donors (Lipinski definition) is 0. The van der Waals surface area contributed by atoms with Gasteiger partial charge in [0, 0.05) is 25.6 Å². The van der Waals surface area contributed by atoms with Gasteiger partial charge in [-0.3, -0.25) is 9.69 Å². The van der Waals surface area contributed by atoms with E-state index in [9.17, 15) is 4.79 Å². The lowest BCUT2D eigenvalue weighted by Gasteiger charge is -2.48. The first-order valence-corrected chi connectivity index (χ1v) is 8.89. The SMILES string of the molecule is CN(Cc1ccco1)[C@@H]1CN(C(=O)c2ccco2)C[C@@H]2CCCO[C@@H]21. The van der Waals surface area contributed by atoms with Crippen LogP contribution in [0.3, 0.4) is 0 Å². The van der Waals surface area contributed by atoms with Gasteiger partial charge in [-0.05, 0) is 44.2 Å². The molecule has 4 heterocycles. The molecule has 4 rings (SSSR count). The quantitative estimate of drug-likeness (QED) is 0.853. The highest BCUT2D eigenvalue weighted by molar-refractivity contribution is 5.91. The van der Waals surface area contributed by atoms with Gasteiger partial charge in [0.05, 0.1) is 31.2 Å². The molecule has 1 amide bonds. The Labute approximate surface area is 147 Å². The van der Waals surface area contributed by atoms with Gasteiger partial charge >= 0.3 is 0 Å². The molecule has 2 aromatic heterocycles. The molecule has 0 aromatic carbocycles. The van der Waals surface area contributed by atoms with E-state index in [1.807, 2.05) is 17.0 Å². The van der Waals surface area contributed by atoms with Gasteiger partial charge in [0.15, 0.2) is 5.76 Å². The second-order valence-electron chi connectivity index (χ2n) is 6.99. The second kappa shape index (κ2) is 7.06. The van der Waals surface area contributed by atoms with Gasteiger partial charge in [0.1, 0.15) is 5.76 Å². The molecule has 0 aliphatic carbocycles. The smallest absolute Gasteiger partial charge is 0.289 e. The Bertz CT molecular complexity index is 682. The van der Waals surface area contributed by atoms with E-state index in [0.29, 0.717) is 24.8 Å². The van der Waals surface area contributed by atoms with Gasteiger partial charge < -0.3 is 18.5 Å². The number of nitrogens with zero attached hydrogens (tertiary/aromatic N) is 2. The van der Waals surface area contributed by atoms with Gasteiger partial charge in [0.25, 0.3) is 5.91 Å². The molecule has 0 bridgehead atoms. The summed E-state index contributed by atoms with van der Waals surface area (Å²) in [5.41, 5.74) is 0. The number of fused-ring (bicyclic) bond motifs is 1. The van der Waals surface area contributed by atoms with Crippen LogP contribution in [0.2, 0.25) is 0 Å². The van der Waals surface area contributed by atoms with Crippen molar-refractivity contribution in [2.24, 2.45) is 5.92 Å². The van der Waals surface area contributed by atoms with E-state index in [4.69, 9.17) is 13.6 Å². The van der Waals surface area contributed by atoms with Crippen LogP contribution >= 0.6 is 0 Å². The van der Waals surface area contributed by atoms with Crippen molar-refractivity contribution in [3.05, 3.63) is 48.3 Å². The zero-order chi connectivity index (χ0) is 17.2. The number of likely N-dealkylation sites (tertiary alicyclic amines) is 1. The molecule has 2 aliphatic rings. The zero-order valence-electron chi connectivity index (χ0n) is 14.5. The molecule has 25 heavy (non-hydrogen) atoms. The fraction of sp³-hybridized carbons (Fsp3) is 0.526. The summed E-state index contributed by atoms with van der Waals surface area (Å²) in [4.78, 5) is 16.9. The number of carbonyl (C=O) groups excluding carboxylic acids is 1. The average Bonchev–Trinajstić information content (AvgIpc) is 3.34. The van der Waals surface area contributed by atoms with Gasteiger partial charge in [-0.15, -0.1) is 0 Å². The summed E-state index contributed by atoms with van der Waals surface area (Å²) in [7, 11) is 2.07. The van der Waals surface area contributed by atoms with Crippen molar-refractivity contribution < 1.29 is 18.4 Å². The van der Waals surface area contributed by atoms with Gasteiger partial charge in [0.2, 0.25) is 0 Å². The Balaban J connectivity index is 1.53. The molecule has 2 fully saturated rings. The first-order chi connectivity index (χ1) is 12.2. The second-order valence-corrected chi connectivity index (χ2v) is 6.99. The van der Waals surface area contributed by atoms with E-state index in [-0.39, 0.29) is 18.1 Å². The number of ether oxygens (including phenoxy) is 1. The standard InChI is InChI=1S/C19H24N2O4/c1-20(12-15-6-3-8-23-15)16-13-21(19(22)17-7-4-9-24-17)11-14-5-2-10-25-18(14)16/h3-4,6-9,14,16,18H,2,5,10-13H2,1H3/t14-,16+,18-/m0/s1. The van der Waals surface area contributed by atoms with Crippen molar-refractivity contribution in [2.75, 3.05) is 26.7 Å². The molecule has 6 nitrogen and oxygen atoms in total. The third-order valence-corrected chi connectivity index (χ3v) is 5.31. The molecular weight excluding hydrogens is 320 g/mol. The highest BCUT2D eigenvalue weighted by Gasteiger charge is 2.43. The van der Waals surface area contributed by atoms with Crippen LogP contribution in [0.5, 0.6) is 0 Å². The summed E-state index contributed by atoms with van der Waals surface area (Å²) in [6.07, 6.45) is 5.55. The van der Waals surface area contributed by atoms with Crippen LogP contribution in [0.4, 0.5) is 0 Å². The molecule has 2 aromatic rings. The fourth-order valence-corrected chi connectivity index (χ4v) is 4.05. The van der Waals surface area contributed by atoms with Gasteiger partial charge in [-0.2, -0.15) is 0 Å². The van der Waals surface area contributed by atoms with Crippen molar-refractivity contribution in [1.29, 1.82) is 0 Å². The van der Waals surface area contributed by atoms with E-state index in [0.717, 1.165) is 31.8 Å². The van der Waals surface area contributed by atoms with Crippen molar-refractivity contribution in [3.8, 4) is 0 Å². The minimum Gasteiger partial charge on any atom is -0.468 e. The largest absolute Gasteiger partial charge is 0.468 e. The summed E-state index contributed by atoms with van der Waals surface area (Å²) >= 11 is 0. The zero-order valence-corrected chi connectivity index (χ0v) is 14.5. The molecule has 0 spiro atoms. The molecule has 0 radical (unpaired) electrons. The van der Waals surface area contributed by atoms with Crippen molar-refractivity contribution in [2.45, 2.75) is 31.5 Å². The molecule has 0 N–H and O–H groups in total. The van der Waals surface area contributed by atoms with Crippen LogP contribution in [0, 0.1) is 5.92 Å². The fourth-order valence-electron chi connectivity index (χ4n) is 4.05. The molecule has 2 saturated heterocycles. The molecule has 3 atom stereocenters. The van der Waals surface area contributed by atoms with Gasteiger partial charge in [-0.25, -0.2) is 0 Å². The Morgan fingerprint density at radius 2 is 2.08 bits per heavy atom. The van der Waals surface area contributed by atoms with Crippen molar-refractivity contribution >= 4 is 5.91 Å². The molecule has 0 saturated carbocycles. The number of carbonyl (C=O) groups is 1. The minimum absolute atomic E-state index is 0.0366. The maximum atomic E-state index is 12.8. The van der Waals surface area contributed by atoms with Crippen molar-refractivity contribution in [1.82, 2.24) is 9.80 Å². The third kappa shape index (κ3) is 3.37. The Morgan fingerprint density at radius 3 is 2.84 bits per heavy atom. The highest BCUT2D eigenvalue weighted by Crippen LogP contribution is 2.32. The van der Waals surface area contributed by atoms with Crippen LogP contribution in [0.1, 0.15) is 29.2 Å². The first-order valence-electron chi connectivity index (χ1n) is 8.89. The van der Waals surface area contributed by atoms with Crippen LogP contribution in [-0.4, -0.2) is 54.6 Å². The number of likely N-dealkylation sites (N-methyl/N-ethyl adjacent to an activating group) is 1. The first kappa shape index (κ1) is 16.4. The highest BCUT2D eigenvalue weighted by atomic mass is 16.5. The number of piperidine rings is 1. The molecule has 134 valence electrons. The monoisotopic (exact) mass is 344 g/mol. The Morgan fingerprint density at radius 1 is 1.24 bits per heavy atom. The lowest BCUT2D eigenvalue weighted by Crippen LogP contribution is -2.61. The van der Waals surface area contributed by atoms with E-state index >= 15 is 0 Å².